The predicted octanol–water partition coefficient (Wildman–Crippen LogP) is 3.46. The first kappa shape index (κ1) is 27.6. The number of amides is 3. The number of carbonyl (C=O) groups is 3. The van der Waals surface area contributed by atoms with Gasteiger partial charge in [-0.2, -0.15) is 0 Å². The summed E-state index contributed by atoms with van der Waals surface area (Å²) in [6, 6.07) is 9.34. The fourth-order valence-corrected chi connectivity index (χ4v) is 3.55. The van der Waals surface area contributed by atoms with Crippen LogP contribution in [0.5, 0.6) is 0 Å². The Kier molecular flexibility index (Phi) is 14.0. The fourth-order valence-electron chi connectivity index (χ4n) is 3.55. The summed E-state index contributed by atoms with van der Waals surface area (Å²) < 4.78 is 0. The largest absolute Gasteiger partial charge is 0.356 e. The van der Waals surface area contributed by atoms with Gasteiger partial charge in [-0.05, 0) is 57.9 Å². The van der Waals surface area contributed by atoms with Crippen molar-refractivity contribution in [2.75, 3.05) is 6.54 Å². The molecule has 0 fully saturated rings. The highest BCUT2D eigenvalue weighted by atomic mass is 16.2. The van der Waals surface area contributed by atoms with E-state index in [4.69, 9.17) is 5.73 Å². The smallest absolute Gasteiger partial charge is 0.315 e. The van der Waals surface area contributed by atoms with Crippen LogP contribution < -0.4 is 21.7 Å². The molecule has 3 atom stereocenters. The third-order valence-corrected chi connectivity index (χ3v) is 5.40. The molecule has 0 bridgehead atoms. The number of rotatable bonds is 16. The summed E-state index contributed by atoms with van der Waals surface area (Å²) in [7, 11) is 0. The molecule has 7 heteroatoms. The van der Waals surface area contributed by atoms with E-state index in [0.717, 1.165) is 37.7 Å². The second-order valence-electron chi connectivity index (χ2n) is 8.67. The lowest BCUT2D eigenvalue weighted by molar-refractivity contribution is -0.122. The fraction of sp³-hybridized carbons (Fsp3) is 0.640. The quantitative estimate of drug-likeness (QED) is 0.291. The second-order valence-corrected chi connectivity index (χ2v) is 8.67. The van der Waals surface area contributed by atoms with Crippen molar-refractivity contribution in [1.29, 1.82) is 0 Å². The Balaban J connectivity index is 2.06. The maximum atomic E-state index is 12.2. The van der Waals surface area contributed by atoms with Crippen molar-refractivity contribution in [2.45, 2.75) is 96.7 Å². The number of nitrogens with two attached hydrogens (primary N) is 1. The van der Waals surface area contributed by atoms with Gasteiger partial charge < -0.3 is 21.7 Å². The topological polar surface area (TPSA) is 113 Å². The summed E-state index contributed by atoms with van der Waals surface area (Å²) in [6.07, 6.45) is 6.33. The molecule has 5 N–H and O–H groups in total. The minimum Gasteiger partial charge on any atom is -0.356 e. The molecule has 0 saturated carbocycles. The minimum absolute atomic E-state index is 0.00346. The molecule has 7 nitrogen and oxygen atoms in total. The Morgan fingerprint density at radius 3 is 2.22 bits per heavy atom. The molecule has 1 aromatic rings. The third kappa shape index (κ3) is 13.1. The van der Waals surface area contributed by atoms with E-state index in [0.29, 0.717) is 32.2 Å². The van der Waals surface area contributed by atoms with Crippen molar-refractivity contribution in [3.63, 3.8) is 0 Å². The number of Topliss-reactive ketones (excluding diaryl/α,β-unsaturated/α-hetero) is 1. The van der Waals surface area contributed by atoms with Crippen molar-refractivity contribution in [3.8, 4) is 0 Å². The number of ketones is 1. The lowest BCUT2D eigenvalue weighted by atomic mass is 10.00. The molecule has 0 aliphatic carbocycles. The summed E-state index contributed by atoms with van der Waals surface area (Å²) in [4.78, 5) is 36.0. The summed E-state index contributed by atoms with van der Waals surface area (Å²) >= 11 is 0. The zero-order valence-electron chi connectivity index (χ0n) is 20.0. The van der Waals surface area contributed by atoms with Gasteiger partial charge in [-0.3, -0.25) is 9.59 Å². The lowest BCUT2D eigenvalue weighted by Crippen LogP contribution is -2.44. The van der Waals surface area contributed by atoms with Crippen LogP contribution in [0.15, 0.2) is 30.3 Å². The van der Waals surface area contributed by atoms with Gasteiger partial charge in [-0.1, -0.05) is 43.7 Å². The molecule has 0 heterocycles. The van der Waals surface area contributed by atoms with Crippen molar-refractivity contribution in [3.05, 3.63) is 35.9 Å². The summed E-state index contributed by atoms with van der Waals surface area (Å²) in [5.41, 5.74) is 7.03. The van der Waals surface area contributed by atoms with Gasteiger partial charge >= 0.3 is 6.03 Å². The third-order valence-electron chi connectivity index (χ3n) is 5.40. The van der Waals surface area contributed by atoms with E-state index in [1.807, 2.05) is 44.2 Å². The maximum absolute atomic E-state index is 12.2. The zero-order valence-corrected chi connectivity index (χ0v) is 20.0. The van der Waals surface area contributed by atoms with E-state index >= 15 is 0 Å². The highest BCUT2D eigenvalue weighted by molar-refractivity contribution is 5.84. The van der Waals surface area contributed by atoms with Gasteiger partial charge in [0.1, 0.15) is 5.78 Å². The predicted molar refractivity (Wildman–Crippen MR) is 129 cm³/mol. The average molecular weight is 447 g/mol. The van der Waals surface area contributed by atoms with Gasteiger partial charge in [0.05, 0.1) is 6.04 Å². The Hall–Kier alpha value is -2.41. The van der Waals surface area contributed by atoms with Crippen LogP contribution in [0.25, 0.3) is 0 Å². The first-order chi connectivity index (χ1) is 15.3. The SMILES string of the molecule is CCCC(C)NC(=O)NC(C)CCCCNC(=O)CCCC(=O)C(N)Cc1ccccc1. The highest BCUT2D eigenvalue weighted by Crippen LogP contribution is 2.06. The van der Waals surface area contributed by atoms with Crippen LogP contribution in [0.1, 0.15) is 77.7 Å². The number of unbranched alkanes of at least 4 members (excludes halogenated alkanes) is 1. The zero-order chi connectivity index (χ0) is 23.8. The molecule has 0 aliphatic rings. The first-order valence-corrected chi connectivity index (χ1v) is 12.0. The molecule has 0 aromatic heterocycles. The Morgan fingerprint density at radius 1 is 0.906 bits per heavy atom. The van der Waals surface area contributed by atoms with Crippen LogP contribution in [-0.2, 0) is 16.0 Å². The number of hydrogen-bond donors (Lipinski definition) is 4. The minimum atomic E-state index is -0.520. The van der Waals surface area contributed by atoms with Gasteiger partial charge in [0.2, 0.25) is 5.91 Å². The van der Waals surface area contributed by atoms with E-state index < -0.39 is 6.04 Å². The van der Waals surface area contributed by atoms with Crippen molar-refractivity contribution in [2.24, 2.45) is 5.73 Å². The highest BCUT2D eigenvalue weighted by Gasteiger charge is 2.14. The van der Waals surface area contributed by atoms with Crippen molar-refractivity contribution in [1.82, 2.24) is 16.0 Å². The number of urea groups is 1. The van der Waals surface area contributed by atoms with Gasteiger partial charge in [0.25, 0.3) is 0 Å². The van der Waals surface area contributed by atoms with Crippen LogP contribution >= 0.6 is 0 Å². The average Bonchev–Trinajstić information content (AvgIpc) is 2.74. The molecule has 1 rings (SSSR count). The van der Waals surface area contributed by atoms with Gasteiger partial charge in [0, 0.05) is 31.5 Å². The number of carbonyl (C=O) groups excluding carboxylic acids is 3. The molecular weight excluding hydrogens is 404 g/mol. The summed E-state index contributed by atoms with van der Waals surface area (Å²) in [6.45, 7) is 6.69. The van der Waals surface area contributed by atoms with Crippen LogP contribution in [0.3, 0.4) is 0 Å². The van der Waals surface area contributed by atoms with Crippen LogP contribution in [0.4, 0.5) is 4.79 Å². The number of benzene rings is 1. The van der Waals surface area contributed by atoms with E-state index in [1.54, 1.807) is 0 Å². The number of nitrogens with one attached hydrogen (secondary N) is 3. The molecule has 0 radical (unpaired) electrons. The molecule has 0 spiro atoms. The second kappa shape index (κ2) is 16.3. The monoisotopic (exact) mass is 446 g/mol. The normalized spacial score (nSPS) is 13.6. The van der Waals surface area contributed by atoms with Gasteiger partial charge in [-0.15, -0.1) is 0 Å². The van der Waals surface area contributed by atoms with E-state index in [9.17, 15) is 14.4 Å². The van der Waals surface area contributed by atoms with Crippen molar-refractivity contribution >= 4 is 17.7 Å². The van der Waals surface area contributed by atoms with E-state index in [2.05, 4.69) is 22.9 Å². The summed E-state index contributed by atoms with van der Waals surface area (Å²) in [5, 5.41) is 8.79. The molecule has 0 saturated heterocycles. The van der Waals surface area contributed by atoms with E-state index in [-0.39, 0.29) is 29.8 Å². The molecular formula is C25H42N4O3. The van der Waals surface area contributed by atoms with Gasteiger partial charge in [-0.25, -0.2) is 4.79 Å². The van der Waals surface area contributed by atoms with Crippen LogP contribution in [-0.4, -0.2) is 42.4 Å². The molecule has 180 valence electrons. The molecule has 3 amide bonds. The lowest BCUT2D eigenvalue weighted by Gasteiger charge is -2.18. The Morgan fingerprint density at radius 2 is 1.56 bits per heavy atom. The Bertz CT molecular complexity index is 681. The van der Waals surface area contributed by atoms with Crippen molar-refractivity contribution < 1.29 is 14.4 Å². The van der Waals surface area contributed by atoms with Gasteiger partial charge in [0.15, 0.2) is 0 Å². The Labute approximate surface area is 193 Å². The molecule has 3 unspecified atom stereocenters. The molecule has 0 aliphatic heterocycles. The summed E-state index contributed by atoms with van der Waals surface area (Å²) in [5.74, 6) is -0.0406. The standard InChI is InChI=1S/C25H42N4O3/c1-4-11-19(2)28-25(32)29-20(3)12-8-9-17-27-24(31)16-10-15-23(30)22(26)18-21-13-6-5-7-14-21/h5-7,13-14,19-20,22H,4,8-12,15-18,26H2,1-3H3,(H,27,31)(H2,28,29,32). The van der Waals surface area contributed by atoms with E-state index in [1.165, 1.54) is 0 Å². The first-order valence-electron chi connectivity index (χ1n) is 12.0. The number of hydrogen-bond acceptors (Lipinski definition) is 4. The molecule has 32 heavy (non-hydrogen) atoms. The van der Waals surface area contributed by atoms with Crippen LogP contribution in [0.2, 0.25) is 0 Å². The van der Waals surface area contributed by atoms with Crippen LogP contribution in [0, 0.1) is 0 Å². The maximum Gasteiger partial charge on any atom is 0.315 e. The molecule has 1 aromatic carbocycles.